The number of carbonyl (C=O) groups excluding carboxylic acids is 1. The fourth-order valence-corrected chi connectivity index (χ4v) is 3.69. The zero-order valence-corrected chi connectivity index (χ0v) is 18.0. The van der Waals surface area contributed by atoms with Gasteiger partial charge in [0.15, 0.2) is 6.61 Å². The number of hydrazone groups is 1. The van der Waals surface area contributed by atoms with E-state index in [4.69, 9.17) is 27.9 Å². The first-order valence-corrected chi connectivity index (χ1v) is 10.4. The van der Waals surface area contributed by atoms with Crippen molar-refractivity contribution in [1.82, 2.24) is 9.99 Å². The highest BCUT2D eigenvalue weighted by Crippen LogP contribution is 2.27. The molecule has 31 heavy (non-hydrogen) atoms. The number of amides is 1. The number of hydrogen-bond donors (Lipinski definition) is 1. The number of benzene rings is 3. The van der Waals surface area contributed by atoms with Crippen molar-refractivity contribution in [1.29, 1.82) is 0 Å². The van der Waals surface area contributed by atoms with Crippen LogP contribution in [0.1, 0.15) is 11.1 Å². The Morgan fingerprint density at radius 3 is 2.61 bits per heavy atom. The van der Waals surface area contributed by atoms with E-state index in [0.29, 0.717) is 15.8 Å². The lowest BCUT2D eigenvalue weighted by Gasteiger charge is -2.06. The Morgan fingerprint density at radius 1 is 1.03 bits per heavy atom. The summed E-state index contributed by atoms with van der Waals surface area (Å²) in [5.74, 6) is -0.00975. The second-order valence-electron chi connectivity index (χ2n) is 6.87. The summed E-state index contributed by atoms with van der Waals surface area (Å²) in [6, 6.07) is 23.1. The van der Waals surface area contributed by atoms with Gasteiger partial charge in [0, 0.05) is 34.2 Å². The van der Waals surface area contributed by atoms with Crippen LogP contribution in [0.2, 0.25) is 10.0 Å². The van der Waals surface area contributed by atoms with E-state index in [1.54, 1.807) is 24.4 Å². The number of rotatable bonds is 7. The molecule has 7 heteroatoms. The Kier molecular flexibility index (Phi) is 6.55. The highest BCUT2D eigenvalue weighted by molar-refractivity contribution is 6.35. The van der Waals surface area contributed by atoms with Gasteiger partial charge in [-0.2, -0.15) is 5.10 Å². The van der Waals surface area contributed by atoms with Crippen LogP contribution in [0.4, 0.5) is 0 Å². The molecular weight excluding hydrogens is 433 g/mol. The Bertz CT molecular complexity index is 1240. The van der Waals surface area contributed by atoms with Crippen LogP contribution in [-0.4, -0.2) is 23.3 Å². The molecule has 156 valence electrons. The summed E-state index contributed by atoms with van der Waals surface area (Å²) in [4.78, 5) is 12.1. The standard InChI is InChI=1S/C24H19Cl2N3O2/c25-19-10-11-23(21(26)12-19)31-16-24(30)28-27-13-18-15-29(14-17-6-2-1-3-7-17)22-9-5-4-8-20(18)22/h1-13,15H,14,16H2,(H,28,30)/b27-13-. The molecule has 0 fully saturated rings. The number of ether oxygens (including phenoxy) is 1. The van der Waals surface area contributed by atoms with Gasteiger partial charge in [-0.3, -0.25) is 4.79 Å². The third-order valence-electron chi connectivity index (χ3n) is 4.66. The summed E-state index contributed by atoms with van der Waals surface area (Å²) in [6.45, 7) is 0.533. The van der Waals surface area contributed by atoms with Gasteiger partial charge in [-0.25, -0.2) is 5.43 Å². The van der Waals surface area contributed by atoms with E-state index in [1.165, 1.54) is 5.56 Å². The third-order valence-corrected chi connectivity index (χ3v) is 5.19. The number of carbonyl (C=O) groups is 1. The van der Waals surface area contributed by atoms with Gasteiger partial charge in [0.1, 0.15) is 5.75 Å². The molecule has 4 aromatic rings. The zero-order chi connectivity index (χ0) is 21.6. The fraction of sp³-hybridized carbons (Fsp3) is 0.0833. The van der Waals surface area contributed by atoms with Crippen molar-refractivity contribution in [2.24, 2.45) is 5.10 Å². The lowest BCUT2D eigenvalue weighted by Crippen LogP contribution is -2.24. The topological polar surface area (TPSA) is 55.6 Å². The quantitative estimate of drug-likeness (QED) is 0.296. The first kappa shape index (κ1) is 21.0. The number of para-hydroxylation sites is 1. The SMILES string of the molecule is O=C(COc1ccc(Cl)cc1Cl)N/N=C\c1cn(Cc2ccccc2)c2ccccc12. The molecular formula is C24H19Cl2N3O2. The first-order chi connectivity index (χ1) is 15.1. The minimum absolute atomic E-state index is 0.214. The van der Waals surface area contributed by atoms with Crippen molar-refractivity contribution < 1.29 is 9.53 Å². The number of fused-ring (bicyclic) bond motifs is 1. The summed E-state index contributed by atoms with van der Waals surface area (Å²) < 4.78 is 7.58. The van der Waals surface area contributed by atoms with E-state index < -0.39 is 5.91 Å². The average Bonchev–Trinajstić information content (AvgIpc) is 3.11. The molecule has 4 rings (SSSR count). The Hall–Kier alpha value is -3.28. The number of halogens is 2. The van der Waals surface area contributed by atoms with Gasteiger partial charge in [-0.05, 0) is 29.8 Å². The van der Waals surface area contributed by atoms with Crippen LogP contribution in [0.5, 0.6) is 5.75 Å². The second kappa shape index (κ2) is 9.69. The molecule has 1 amide bonds. The van der Waals surface area contributed by atoms with Gasteiger partial charge in [0.25, 0.3) is 5.91 Å². The first-order valence-electron chi connectivity index (χ1n) is 9.62. The summed E-state index contributed by atoms with van der Waals surface area (Å²) in [5.41, 5.74) is 5.70. The fourth-order valence-electron chi connectivity index (χ4n) is 3.23. The van der Waals surface area contributed by atoms with Crippen LogP contribution in [0, 0.1) is 0 Å². The molecule has 1 heterocycles. The van der Waals surface area contributed by atoms with Crippen LogP contribution >= 0.6 is 23.2 Å². The molecule has 0 aliphatic carbocycles. The summed E-state index contributed by atoms with van der Waals surface area (Å²) >= 11 is 11.9. The number of aromatic nitrogens is 1. The highest BCUT2D eigenvalue weighted by Gasteiger charge is 2.08. The normalized spacial score (nSPS) is 11.2. The van der Waals surface area contributed by atoms with Gasteiger partial charge >= 0.3 is 0 Å². The van der Waals surface area contributed by atoms with Crippen LogP contribution in [0.3, 0.4) is 0 Å². The van der Waals surface area contributed by atoms with Gasteiger partial charge in [-0.15, -0.1) is 0 Å². The average molecular weight is 452 g/mol. The van der Waals surface area contributed by atoms with Crippen molar-refractivity contribution in [3.8, 4) is 5.75 Å². The van der Waals surface area contributed by atoms with E-state index in [0.717, 1.165) is 23.0 Å². The smallest absolute Gasteiger partial charge is 0.277 e. The van der Waals surface area contributed by atoms with Gasteiger partial charge in [0.2, 0.25) is 0 Å². The molecule has 3 aromatic carbocycles. The maximum Gasteiger partial charge on any atom is 0.277 e. The molecule has 0 aliphatic rings. The van der Waals surface area contributed by atoms with Crippen molar-refractivity contribution in [3.63, 3.8) is 0 Å². The number of hydrogen-bond acceptors (Lipinski definition) is 3. The van der Waals surface area contributed by atoms with Crippen LogP contribution in [0.25, 0.3) is 10.9 Å². The van der Waals surface area contributed by atoms with E-state index in [2.05, 4.69) is 33.3 Å². The lowest BCUT2D eigenvalue weighted by molar-refractivity contribution is -0.123. The van der Waals surface area contributed by atoms with Gasteiger partial charge < -0.3 is 9.30 Å². The van der Waals surface area contributed by atoms with Gasteiger partial charge in [-0.1, -0.05) is 71.7 Å². The van der Waals surface area contributed by atoms with Gasteiger partial charge in [0.05, 0.1) is 11.2 Å². The molecule has 5 nitrogen and oxygen atoms in total. The van der Waals surface area contributed by atoms with Crippen LogP contribution < -0.4 is 10.2 Å². The maximum atomic E-state index is 12.1. The van der Waals surface area contributed by atoms with E-state index in [-0.39, 0.29) is 6.61 Å². The molecule has 1 N–H and O–H groups in total. The molecule has 0 spiro atoms. The monoisotopic (exact) mass is 451 g/mol. The van der Waals surface area contributed by atoms with Crippen molar-refractivity contribution in [2.75, 3.05) is 6.61 Å². The number of nitrogens with one attached hydrogen (secondary N) is 1. The predicted octanol–water partition coefficient (Wildman–Crippen LogP) is 5.53. The summed E-state index contributed by atoms with van der Waals surface area (Å²) in [7, 11) is 0. The molecule has 0 saturated carbocycles. The molecule has 0 bridgehead atoms. The van der Waals surface area contributed by atoms with E-state index in [9.17, 15) is 4.79 Å². The number of nitrogens with zero attached hydrogens (tertiary/aromatic N) is 2. The lowest BCUT2D eigenvalue weighted by atomic mass is 10.2. The Balaban J connectivity index is 1.42. The van der Waals surface area contributed by atoms with Crippen molar-refractivity contribution in [2.45, 2.75) is 6.54 Å². The minimum atomic E-state index is -0.393. The molecule has 0 aliphatic heterocycles. The Labute approximate surface area is 189 Å². The largest absolute Gasteiger partial charge is 0.482 e. The van der Waals surface area contributed by atoms with Crippen LogP contribution in [0.15, 0.2) is 84.1 Å². The summed E-state index contributed by atoms with van der Waals surface area (Å²) in [6.07, 6.45) is 3.66. The molecule has 0 atom stereocenters. The van der Waals surface area contributed by atoms with E-state index >= 15 is 0 Å². The van der Waals surface area contributed by atoms with Crippen LogP contribution in [-0.2, 0) is 11.3 Å². The van der Waals surface area contributed by atoms with Crippen molar-refractivity contribution >= 4 is 46.2 Å². The highest BCUT2D eigenvalue weighted by atomic mass is 35.5. The maximum absolute atomic E-state index is 12.1. The predicted molar refractivity (Wildman–Crippen MR) is 125 cm³/mol. The molecule has 1 aromatic heterocycles. The van der Waals surface area contributed by atoms with Crippen molar-refractivity contribution in [3.05, 3.63) is 100 Å². The third kappa shape index (κ3) is 5.26. The second-order valence-corrected chi connectivity index (χ2v) is 7.72. The summed E-state index contributed by atoms with van der Waals surface area (Å²) in [5, 5.41) is 5.99. The minimum Gasteiger partial charge on any atom is -0.482 e. The zero-order valence-electron chi connectivity index (χ0n) is 16.5. The Morgan fingerprint density at radius 2 is 1.81 bits per heavy atom. The van der Waals surface area contributed by atoms with E-state index in [1.807, 2.05) is 42.6 Å². The molecule has 0 radical (unpaired) electrons. The molecule has 0 unspecified atom stereocenters. The molecule has 0 saturated heterocycles.